The van der Waals surface area contributed by atoms with Gasteiger partial charge in [-0.2, -0.15) is 18.4 Å². The lowest BCUT2D eigenvalue weighted by molar-refractivity contribution is -0.138. The number of halogens is 3. The van der Waals surface area contributed by atoms with Gasteiger partial charge in [-0.3, -0.25) is 4.79 Å². The zero-order valence-electron chi connectivity index (χ0n) is 15.9. The summed E-state index contributed by atoms with van der Waals surface area (Å²) in [5, 5.41) is 12.5. The van der Waals surface area contributed by atoms with Crippen LogP contribution in [0.5, 0.6) is 0 Å². The van der Waals surface area contributed by atoms with E-state index in [0.717, 1.165) is 22.8 Å². The number of hydrogen-bond donors (Lipinski definition) is 1. The summed E-state index contributed by atoms with van der Waals surface area (Å²) in [6.07, 6.45) is -3.45. The predicted octanol–water partition coefficient (Wildman–Crippen LogP) is 3.87. The number of nitrogens with zero attached hydrogens (tertiary/aromatic N) is 2. The van der Waals surface area contributed by atoms with Crippen molar-refractivity contribution in [1.82, 2.24) is 9.88 Å². The summed E-state index contributed by atoms with van der Waals surface area (Å²) in [6, 6.07) is 8.26. The monoisotopic (exact) mass is 389 g/mol. The second-order valence-corrected chi connectivity index (χ2v) is 7.31. The molecule has 0 bridgehead atoms. The number of nitriles is 1. The van der Waals surface area contributed by atoms with E-state index in [2.05, 4.69) is 5.32 Å². The first-order chi connectivity index (χ1) is 13.2. The van der Waals surface area contributed by atoms with E-state index in [1.165, 1.54) is 10.6 Å². The van der Waals surface area contributed by atoms with Gasteiger partial charge in [0.1, 0.15) is 11.6 Å². The summed E-state index contributed by atoms with van der Waals surface area (Å²) in [5.74, 6) is -0.159. The maximum absolute atomic E-state index is 13.5. The van der Waals surface area contributed by atoms with Crippen LogP contribution in [0.25, 0.3) is 0 Å². The largest absolute Gasteiger partial charge is 0.417 e. The second-order valence-electron chi connectivity index (χ2n) is 7.31. The zero-order valence-corrected chi connectivity index (χ0v) is 15.9. The first kappa shape index (κ1) is 20.2. The van der Waals surface area contributed by atoms with Gasteiger partial charge in [0.25, 0.3) is 5.56 Å². The molecular weight excluding hydrogens is 367 g/mol. The molecule has 1 fully saturated rings. The minimum Gasteiger partial charge on any atom is -0.317 e. The van der Waals surface area contributed by atoms with Crippen LogP contribution in [-0.2, 0) is 12.7 Å². The normalized spacial score (nSPS) is 15.4. The average Bonchev–Trinajstić information content (AvgIpc) is 2.64. The van der Waals surface area contributed by atoms with Crippen LogP contribution >= 0.6 is 0 Å². The molecule has 1 saturated heterocycles. The van der Waals surface area contributed by atoms with E-state index in [1.807, 2.05) is 32.0 Å². The molecule has 2 aromatic rings. The third-order valence-electron chi connectivity index (χ3n) is 5.33. The van der Waals surface area contributed by atoms with E-state index in [9.17, 15) is 23.2 Å². The molecule has 148 valence electrons. The van der Waals surface area contributed by atoms with Gasteiger partial charge in [-0.05, 0) is 57.0 Å². The highest BCUT2D eigenvalue weighted by molar-refractivity contribution is 5.41. The van der Waals surface area contributed by atoms with Crippen molar-refractivity contribution in [2.45, 2.75) is 45.3 Å². The molecular formula is C21H22F3N3O. The minimum atomic E-state index is -4.75. The molecule has 28 heavy (non-hydrogen) atoms. The Kier molecular flexibility index (Phi) is 5.61. The lowest BCUT2D eigenvalue weighted by Crippen LogP contribution is -2.34. The molecule has 7 heteroatoms. The lowest BCUT2D eigenvalue weighted by atomic mass is 9.91. The van der Waals surface area contributed by atoms with Gasteiger partial charge in [-0.1, -0.05) is 23.8 Å². The van der Waals surface area contributed by atoms with Crippen molar-refractivity contribution in [1.29, 1.82) is 5.26 Å². The quantitative estimate of drug-likeness (QED) is 0.867. The first-order valence-corrected chi connectivity index (χ1v) is 9.24. The van der Waals surface area contributed by atoms with Crippen molar-refractivity contribution in [2.75, 3.05) is 13.1 Å². The molecule has 1 aliphatic heterocycles. The Morgan fingerprint density at radius 2 is 1.89 bits per heavy atom. The Balaban J connectivity index is 2.21. The van der Waals surface area contributed by atoms with Crippen LogP contribution < -0.4 is 10.9 Å². The van der Waals surface area contributed by atoms with Crippen LogP contribution in [0, 0.1) is 25.2 Å². The highest BCUT2D eigenvalue weighted by Crippen LogP contribution is 2.34. The molecule has 1 N–H and O–H groups in total. The molecule has 0 saturated carbocycles. The highest BCUT2D eigenvalue weighted by atomic mass is 19.4. The summed E-state index contributed by atoms with van der Waals surface area (Å²) in [5.41, 5.74) is 0.398. The van der Waals surface area contributed by atoms with Crippen molar-refractivity contribution in [3.8, 4) is 6.07 Å². The van der Waals surface area contributed by atoms with E-state index < -0.39 is 22.9 Å². The number of pyridine rings is 1. The van der Waals surface area contributed by atoms with E-state index in [4.69, 9.17) is 0 Å². The van der Waals surface area contributed by atoms with Crippen LogP contribution in [-0.4, -0.2) is 17.7 Å². The number of benzene rings is 1. The van der Waals surface area contributed by atoms with Gasteiger partial charge in [0.05, 0.1) is 12.1 Å². The summed E-state index contributed by atoms with van der Waals surface area (Å²) in [4.78, 5) is 12.9. The average molecular weight is 389 g/mol. The molecule has 0 radical (unpaired) electrons. The maximum atomic E-state index is 13.5. The third kappa shape index (κ3) is 3.97. The van der Waals surface area contributed by atoms with Crippen molar-refractivity contribution in [3.63, 3.8) is 0 Å². The molecule has 2 heterocycles. The third-order valence-corrected chi connectivity index (χ3v) is 5.33. The molecule has 4 nitrogen and oxygen atoms in total. The summed E-state index contributed by atoms with van der Waals surface area (Å²) < 4.78 is 41.9. The van der Waals surface area contributed by atoms with E-state index in [0.29, 0.717) is 31.6 Å². The molecule has 0 amide bonds. The van der Waals surface area contributed by atoms with E-state index in [1.54, 1.807) is 0 Å². The smallest absolute Gasteiger partial charge is 0.317 e. The fourth-order valence-electron chi connectivity index (χ4n) is 3.81. The topological polar surface area (TPSA) is 57.8 Å². The van der Waals surface area contributed by atoms with Crippen molar-refractivity contribution < 1.29 is 13.2 Å². The molecule has 1 aromatic carbocycles. The fourth-order valence-corrected chi connectivity index (χ4v) is 3.81. The summed E-state index contributed by atoms with van der Waals surface area (Å²) in [6.45, 7) is 5.38. The molecule has 1 aromatic heterocycles. The number of aryl methyl sites for hydroxylation is 2. The number of aromatic nitrogens is 1. The maximum Gasteiger partial charge on any atom is 0.417 e. The lowest BCUT2D eigenvalue weighted by Gasteiger charge is -2.27. The Hall–Kier alpha value is -2.59. The number of alkyl halides is 3. The molecule has 0 unspecified atom stereocenters. The SMILES string of the molecule is Cc1ccc(Cn2c(C3CCNCC3)cc(C(F)(F)F)c(C#N)c2=O)c(C)c1. The Labute approximate surface area is 161 Å². The summed E-state index contributed by atoms with van der Waals surface area (Å²) in [7, 11) is 0. The number of piperidine rings is 1. The van der Waals surface area contributed by atoms with Gasteiger partial charge >= 0.3 is 6.18 Å². The first-order valence-electron chi connectivity index (χ1n) is 9.24. The van der Waals surface area contributed by atoms with Crippen LogP contribution in [0.15, 0.2) is 29.1 Å². The van der Waals surface area contributed by atoms with Crippen LogP contribution in [0.3, 0.4) is 0 Å². The zero-order chi connectivity index (χ0) is 20.5. The van der Waals surface area contributed by atoms with Gasteiger partial charge in [0.2, 0.25) is 0 Å². The van der Waals surface area contributed by atoms with Crippen molar-refractivity contribution >= 4 is 0 Å². The van der Waals surface area contributed by atoms with Gasteiger partial charge < -0.3 is 9.88 Å². The molecule has 0 aliphatic carbocycles. The van der Waals surface area contributed by atoms with Gasteiger partial charge in [-0.25, -0.2) is 0 Å². The standard InChI is InChI=1S/C21H22F3N3O/c1-13-3-4-16(14(2)9-13)12-27-19(15-5-7-26-8-6-15)10-18(21(22,23)24)17(11-25)20(27)28/h3-4,9-10,15,26H,5-8,12H2,1-2H3. The van der Waals surface area contributed by atoms with Gasteiger partial charge in [-0.15, -0.1) is 0 Å². The molecule has 3 rings (SSSR count). The Bertz CT molecular complexity index is 980. The number of rotatable bonds is 3. The van der Waals surface area contributed by atoms with Crippen LogP contribution in [0.4, 0.5) is 13.2 Å². The van der Waals surface area contributed by atoms with Gasteiger partial charge in [0, 0.05) is 11.6 Å². The second kappa shape index (κ2) is 7.80. The number of nitrogens with one attached hydrogen (secondary N) is 1. The Morgan fingerprint density at radius 3 is 2.46 bits per heavy atom. The van der Waals surface area contributed by atoms with Gasteiger partial charge in [0.15, 0.2) is 0 Å². The Morgan fingerprint density at radius 1 is 1.21 bits per heavy atom. The van der Waals surface area contributed by atoms with E-state index >= 15 is 0 Å². The van der Waals surface area contributed by atoms with Crippen LogP contribution in [0.2, 0.25) is 0 Å². The summed E-state index contributed by atoms with van der Waals surface area (Å²) >= 11 is 0. The fraction of sp³-hybridized carbons (Fsp3) is 0.429. The predicted molar refractivity (Wildman–Crippen MR) is 100 cm³/mol. The highest BCUT2D eigenvalue weighted by Gasteiger charge is 2.37. The minimum absolute atomic E-state index is 0.150. The van der Waals surface area contributed by atoms with E-state index in [-0.39, 0.29) is 12.5 Å². The van der Waals surface area contributed by atoms with Crippen molar-refractivity contribution in [3.05, 3.63) is 68.1 Å². The number of hydrogen-bond acceptors (Lipinski definition) is 3. The molecule has 0 atom stereocenters. The van der Waals surface area contributed by atoms with Crippen LogP contribution in [0.1, 0.15) is 52.3 Å². The molecule has 0 spiro atoms. The van der Waals surface area contributed by atoms with Crippen molar-refractivity contribution in [2.24, 2.45) is 0 Å². The molecule has 1 aliphatic rings.